The number of fused-ring (bicyclic) bond motifs is 1. The Morgan fingerprint density at radius 3 is 2.34 bits per heavy atom. The Kier molecular flexibility index (Phi) is 5.21. The van der Waals surface area contributed by atoms with Gasteiger partial charge in [-0.2, -0.15) is 0 Å². The molecule has 0 aliphatic carbocycles. The number of carbonyl (C=O) groups is 1. The van der Waals surface area contributed by atoms with Crippen molar-refractivity contribution >= 4 is 32.6 Å². The van der Waals surface area contributed by atoms with Gasteiger partial charge in [-0.1, -0.05) is 44.2 Å². The highest BCUT2D eigenvalue weighted by atomic mass is 32.1. The van der Waals surface area contributed by atoms with Crippen molar-refractivity contribution in [1.82, 2.24) is 9.88 Å². The zero-order valence-corrected chi connectivity index (χ0v) is 18.3. The first-order valence-corrected chi connectivity index (χ1v) is 10.8. The van der Waals surface area contributed by atoms with Gasteiger partial charge < -0.3 is 14.5 Å². The molecule has 2 heterocycles. The number of amides is 1. The molecular formula is C23H27N3O2S. The highest BCUT2D eigenvalue weighted by Gasteiger charge is 2.24. The van der Waals surface area contributed by atoms with Crippen molar-refractivity contribution in [1.29, 1.82) is 0 Å². The second-order valence-electron chi connectivity index (χ2n) is 8.44. The van der Waals surface area contributed by atoms with E-state index in [2.05, 4.69) is 37.8 Å². The molecule has 0 unspecified atom stereocenters. The van der Waals surface area contributed by atoms with Gasteiger partial charge in [-0.15, -0.1) is 0 Å². The number of benzene rings is 2. The summed E-state index contributed by atoms with van der Waals surface area (Å²) in [6, 6.07) is 14.0. The van der Waals surface area contributed by atoms with Gasteiger partial charge in [-0.05, 0) is 41.3 Å². The number of aromatic nitrogens is 1. The average molecular weight is 410 g/mol. The number of methoxy groups -OCH3 is 1. The lowest BCUT2D eigenvalue weighted by Crippen LogP contribution is -2.48. The predicted molar refractivity (Wildman–Crippen MR) is 119 cm³/mol. The van der Waals surface area contributed by atoms with Gasteiger partial charge in [0, 0.05) is 31.7 Å². The van der Waals surface area contributed by atoms with Crippen molar-refractivity contribution in [2.75, 3.05) is 38.2 Å². The number of piperazine rings is 1. The third-order valence-corrected chi connectivity index (χ3v) is 6.50. The highest BCUT2D eigenvalue weighted by molar-refractivity contribution is 7.22. The fourth-order valence-electron chi connectivity index (χ4n) is 3.55. The molecular weight excluding hydrogens is 382 g/mol. The van der Waals surface area contributed by atoms with Crippen molar-refractivity contribution in [3.05, 3.63) is 53.6 Å². The van der Waals surface area contributed by atoms with Crippen molar-refractivity contribution < 1.29 is 9.53 Å². The van der Waals surface area contributed by atoms with Crippen LogP contribution in [0.1, 0.15) is 36.7 Å². The van der Waals surface area contributed by atoms with Crippen LogP contribution in [0.5, 0.6) is 5.75 Å². The molecule has 1 aliphatic heterocycles. The highest BCUT2D eigenvalue weighted by Crippen LogP contribution is 2.32. The van der Waals surface area contributed by atoms with Gasteiger partial charge in [0.15, 0.2) is 5.13 Å². The molecule has 1 aromatic heterocycles. The standard InChI is InChI=1S/C23H27N3O2S/c1-23(2,3)17-7-5-16(6-8-17)21(27)25-11-13-26(14-12-25)22-24-19-10-9-18(28-4)15-20(19)29-22/h5-10,15H,11-14H2,1-4H3. The predicted octanol–water partition coefficient (Wildman–Crippen LogP) is 4.56. The summed E-state index contributed by atoms with van der Waals surface area (Å²) in [4.78, 5) is 21.9. The van der Waals surface area contributed by atoms with Crippen LogP contribution in [0.3, 0.4) is 0 Å². The molecule has 0 spiro atoms. The van der Waals surface area contributed by atoms with E-state index in [1.54, 1.807) is 18.4 Å². The molecule has 0 radical (unpaired) electrons. The van der Waals surface area contributed by atoms with Crippen LogP contribution >= 0.6 is 11.3 Å². The molecule has 152 valence electrons. The van der Waals surface area contributed by atoms with Crippen LogP contribution in [-0.2, 0) is 5.41 Å². The fraction of sp³-hybridized carbons (Fsp3) is 0.391. The lowest BCUT2D eigenvalue weighted by Gasteiger charge is -2.34. The summed E-state index contributed by atoms with van der Waals surface area (Å²) in [5.74, 6) is 0.958. The van der Waals surface area contributed by atoms with E-state index in [0.29, 0.717) is 13.1 Å². The number of thiazole rings is 1. The topological polar surface area (TPSA) is 45.7 Å². The van der Waals surface area contributed by atoms with E-state index < -0.39 is 0 Å². The fourth-order valence-corrected chi connectivity index (χ4v) is 4.60. The number of hydrogen-bond acceptors (Lipinski definition) is 5. The molecule has 5 nitrogen and oxygen atoms in total. The molecule has 6 heteroatoms. The minimum Gasteiger partial charge on any atom is -0.497 e. The van der Waals surface area contributed by atoms with E-state index in [9.17, 15) is 4.79 Å². The van der Waals surface area contributed by atoms with Crippen LogP contribution in [-0.4, -0.2) is 49.1 Å². The molecule has 0 N–H and O–H groups in total. The first-order valence-electron chi connectivity index (χ1n) is 9.94. The zero-order chi connectivity index (χ0) is 20.6. The van der Waals surface area contributed by atoms with E-state index in [1.165, 1.54) is 5.56 Å². The number of rotatable bonds is 3. The third-order valence-electron chi connectivity index (χ3n) is 5.42. The molecule has 29 heavy (non-hydrogen) atoms. The molecule has 0 saturated carbocycles. The molecule has 4 rings (SSSR count). The van der Waals surface area contributed by atoms with Gasteiger partial charge in [-0.25, -0.2) is 4.98 Å². The van der Waals surface area contributed by atoms with Crippen LogP contribution in [0.2, 0.25) is 0 Å². The van der Waals surface area contributed by atoms with Gasteiger partial charge >= 0.3 is 0 Å². The Morgan fingerprint density at radius 2 is 1.72 bits per heavy atom. The zero-order valence-electron chi connectivity index (χ0n) is 17.4. The SMILES string of the molecule is COc1ccc2nc(N3CCN(C(=O)c4ccc(C(C)(C)C)cc4)CC3)sc2c1. The van der Waals surface area contributed by atoms with Crippen LogP contribution < -0.4 is 9.64 Å². The van der Waals surface area contributed by atoms with E-state index in [-0.39, 0.29) is 11.3 Å². The lowest BCUT2D eigenvalue weighted by atomic mass is 9.86. The normalized spacial score (nSPS) is 15.0. The van der Waals surface area contributed by atoms with Crippen molar-refractivity contribution in [2.45, 2.75) is 26.2 Å². The quantitative estimate of drug-likeness (QED) is 0.636. The Bertz CT molecular complexity index is 1010. The van der Waals surface area contributed by atoms with Gasteiger partial charge in [0.25, 0.3) is 5.91 Å². The van der Waals surface area contributed by atoms with Crippen molar-refractivity contribution in [3.63, 3.8) is 0 Å². The lowest BCUT2D eigenvalue weighted by molar-refractivity contribution is 0.0746. The maximum atomic E-state index is 12.9. The Hall–Kier alpha value is -2.60. The largest absolute Gasteiger partial charge is 0.497 e. The van der Waals surface area contributed by atoms with E-state index in [0.717, 1.165) is 39.8 Å². The number of ether oxygens (including phenoxy) is 1. The maximum Gasteiger partial charge on any atom is 0.253 e. The molecule has 3 aromatic rings. The van der Waals surface area contributed by atoms with Crippen LogP contribution in [0.25, 0.3) is 10.2 Å². The minimum atomic E-state index is 0.0917. The summed E-state index contributed by atoms with van der Waals surface area (Å²) in [5.41, 5.74) is 3.09. The number of nitrogens with zero attached hydrogens (tertiary/aromatic N) is 3. The van der Waals surface area contributed by atoms with Crippen molar-refractivity contribution in [3.8, 4) is 5.75 Å². The van der Waals surface area contributed by atoms with Crippen LogP contribution in [0, 0.1) is 0 Å². The summed E-state index contributed by atoms with van der Waals surface area (Å²) < 4.78 is 6.43. The third kappa shape index (κ3) is 4.08. The molecule has 0 atom stereocenters. The molecule has 1 fully saturated rings. The van der Waals surface area contributed by atoms with Gasteiger partial charge in [0.05, 0.1) is 17.3 Å². The minimum absolute atomic E-state index is 0.0917. The van der Waals surface area contributed by atoms with Crippen LogP contribution in [0.4, 0.5) is 5.13 Å². The molecule has 1 saturated heterocycles. The summed E-state index contributed by atoms with van der Waals surface area (Å²) in [6.45, 7) is 9.55. The van der Waals surface area contributed by atoms with E-state index in [1.807, 2.05) is 35.2 Å². The number of anilines is 1. The summed E-state index contributed by atoms with van der Waals surface area (Å²) in [7, 11) is 1.68. The maximum absolute atomic E-state index is 12.9. The Labute approximate surface area is 175 Å². The second-order valence-corrected chi connectivity index (χ2v) is 9.45. The summed E-state index contributed by atoms with van der Waals surface area (Å²) in [6.07, 6.45) is 0. The van der Waals surface area contributed by atoms with Crippen molar-refractivity contribution in [2.24, 2.45) is 0 Å². The average Bonchev–Trinajstić information content (AvgIpc) is 3.16. The molecule has 0 bridgehead atoms. The van der Waals surface area contributed by atoms with E-state index in [4.69, 9.17) is 9.72 Å². The van der Waals surface area contributed by atoms with Crippen LogP contribution in [0.15, 0.2) is 42.5 Å². The summed E-state index contributed by atoms with van der Waals surface area (Å²) >= 11 is 1.67. The number of hydrogen-bond donors (Lipinski definition) is 0. The monoisotopic (exact) mass is 409 g/mol. The number of carbonyl (C=O) groups excluding carboxylic acids is 1. The van der Waals surface area contributed by atoms with E-state index >= 15 is 0 Å². The van der Waals surface area contributed by atoms with Gasteiger partial charge in [0.2, 0.25) is 0 Å². The second kappa shape index (κ2) is 7.67. The molecule has 1 amide bonds. The Balaban J connectivity index is 1.42. The molecule has 1 aliphatic rings. The summed E-state index contributed by atoms with van der Waals surface area (Å²) in [5, 5.41) is 1.01. The molecule has 2 aromatic carbocycles. The Morgan fingerprint density at radius 1 is 1.03 bits per heavy atom. The van der Waals surface area contributed by atoms with Gasteiger partial charge in [-0.3, -0.25) is 4.79 Å². The smallest absolute Gasteiger partial charge is 0.253 e. The first kappa shape index (κ1) is 19.7. The van der Waals surface area contributed by atoms with Gasteiger partial charge in [0.1, 0.15) is 5.75 Å². The first-order chi connectivity index (χ1) is 13.8.